The number of oxime groups is 1. The minimum Gasteiger partial charge on any atom is -0.381 e. The van der Waals surface area contributed by atoms with Gasteiger partial charge in [-0.2, -0.15) is 5.26 Å². The first kappa shape index (κ1) is 13.6. The highest BCUT2D eigenvalue weighted by molar-refractivity contribution is 8.11. The van der Waals surface area contributed by atoms with Crippen molar-refractivity contribution in [3.8, 4) is 6.07 Å². The van der Waals surface area contributed by atoms with Gasteiger partial charge in [0.15, 0.2) is 5.71 Å². The average Bonchev–Trinajstić information content (AvgIpc) is 2.31. The summed E-state index contributed by atoms with van der Waals surface area (Å²) < 4.78 is 10.6. The number of nitriles is 1. The molecule has 1 heterocycles. The van der Waals surface area contributed by atoms with Gasteiger partial charge in [0.2, 0.25) is 0 Å². The first-order chi connectivity index (χ1) is 7.59. The highest BCUT2D eigenvalue weighted by Crippen LogP contribution is 2.42. The van der Waals surface area contributed by atoms with Gasteiger partial charge in [-0.1, -0.05) is 23.9 Å². The summed E-state index contributed by atoms with van der Waals surface area (Å²) in [5.41, 5.74) is 0.421. The van der Waals surface area contributed by atoms with E-state index in [0.717, 1.165) is 25.6 Å². The van der Waals surface area contributed by atoms with E-state index in [1.807, 2.05) is 13.6 Å². The maximum atomic E-state index is 9.01. The van der Waals surface area contributed by atoms with Gasteiger partial charge in [-0.05, 0) is 12.8 Å². The molecule has 0 aliphatic carbocycles. The summed E-state index contributed by atoms with van der Waals surface area (Å²) in [6.45, 7) is 5.20. The van der Waals surface area contributed by atoms with Gasteiger partial charge in [0.1, 0.15) is 12.3 Å². The molecule has 0 aromatic rings. The van der Waals surface area contributed by atoms with E-state index in [2.05, 4.69) is 11.2 Å². The van der Waals surface area contributed by atoms with Gasteiger partial charge in [0.05, 0.1) is 6.61 Å². The molecule has 4 nitrogen and oxygen atoms in total. The van der Waals surface area contributed by atoms with Crippen LogP contribution in [0.1, 0.15) is 19.8 Å². The molecule has 1 aliphatic heterocycles. The zero-order chi connectivity index (χ0) is 12.0. The van der Waals surface area contributed by atoms with Crippen molar-refractivity contribution in [2.75, 3.05) is 26.0 Å². The van der Waals surface area contributed by atoms with E-state index in [1.54, 1.807) is 0 Å². The Morgan fingerprint density at radius 1 is 1.75 bits per heavy atom. The van der Waals surface area contributed by atoms with E-state index in [4.69, 9.17) is 26.4 Å². The van der Waals surface area contributed by atoms with Gasteiger partial charge in [0, 0.05) is 25.4 Å². The molecule has 2 atom stereocenters. The van der Waals surface area contributed by atoms with Gasteiger partial charge in [-0.3, -0.25) is 0 Å². The lowest BCUT2D eigenvalue weighted by Crippen LogP contribution is -2.24. The van der Waals surface area contributed by atoms with Crippen LogP contribution in [0.5, 0.6) is 0 Å². The molecule has 1 saturated heterocycles. The molecule has 0 amide bonds. The molecular formula is C10H17N2O2PS. The van der Waals surface area contributed by atoms with Gasteiger partial charge < -0.3 is 9.36 Å². The second kappa shape index (κ2) is 6.34. The second-order valence-corrected chi connectivity index (χ2v) is 9.06. The van der Waals surface area contributed by atoms with Crippen LogP contribution in [-0.4, -0.2) is 31.8 Å². The summed E-state index contributed by atoms with van der Waals surface area (Å²) in [6.07, 6.45) is 0.856. The molecule has 6 heteroatoms. The normalized spacial score (nSPS) is 25.6. The molecule has 0 N–H and O–H groups in total. The Bertz CT molecular complexity index is 345. The van der Waals surface area contributed by atoms with Gasteiger partial charge in [-0.15, -0.1) is 0 Å². The van der Waals surface area contributed by atoms with Crippen molar-refractivity contribution in [3.63, 3.8) is 0 Å². The fraction of sp³-hybridized carbons (Fsp3) is 0.800. The number of ether oxygens (including phenoxy) is 1. The van der Waals surface area contributed by atoms with Crippen molar-refractivity contribution in [2.24, 2.45) is 11.1 Å². The molecule has 0 aromatic carbocycles. The van der Waals surface area contributed by atoms with Crippen LogP contribution < -0.4 is 0 Å². The van der Waals surface area contributed by atoms with Gasteiger partial charge >= 0.3 is 0 Å². The van der Waals surface area contributed by atoms with Crippen LogP contribution in [0.2, 0.25) is 0 Å². The molecule has 0 spiro atoms. The quantitative estimate of drug-likeness (QED) is 0.442. The van der Waals surface area contributed by atoms with Gasteiger partial charge in [-0.25, -0.2) is 0 Å². The monoisotopic (exact) mass is 260 g/mol. The predicted octanol–water partition coefficient (Wildman–Crippen LogP) is 2.35. The fourth-order valence-corrected chi connectivity index (χ4v) is 1.81. The van der Waals surface area contributed by atoms with Gasteiger partial charge in [0.25, 0.3) is 0 Å². The molecule has 90 valence electrons. The van der Waals surface area contributed by atoms with Crippen LogP contribution in [0, 0.1) is 17.2 Å². The highest BCUT2D eigenvalue weighted by Gasteiger charge is 2.21. The minimum atomic E-state index is -1.84. The molecule has 16 heavy (non-hydrogen) atoms. The second-order valence-electron chi connectivity index (χ2n) is 3.91. The Labute approximate surface area is 102 Å². The fourth-order valence-electron chi connectivity index (χ4n) is 1.33. The van der Waals surface area contributed by atoms with Crippen molar-refractivity contribution in [2.45, 2.75) is 19.8 Å². The third-order valence-electron chi connectivity index (χ3n) is 2.55. The molecule has 1 rings (SSSR count). The lowest BCUT2D eigenvalue weighted by molar-refractivity contribution is 0.0765. The van der Waals surface area contributed by atoms with E-state index in [-0.39, 0.29) is 5.92 Å². The van der Waals surface area contributed by atoms with Crippen molar-refractivity contribution in [3.05, 3.63) is 0 Å². The summed E-state index contributed by atoms with van der Waals surface area (Å²) in [4.78, 5) is 0. The molecule has 1 aliphatic rings. The Kier molecular flexibility index (Phi) is 5.40. The molecule has 2 unspecified atom stereocenters. The summed E-state index contributed by atoms with van der Waals surface area (Å²) in [7, 11) is 0. The summed E-state index contributed by atoms with van der Waals surface area (Å²) in [5, 5.41) is 12.9. The molecule has 0 aromatic heterocycles. The lowest BCUT2D eigenvalue weighted by Gasteiger charge is -2.20. The summed E-state index contributed by atoms with van der Waals surface area (Å²) in [6, 6.07) is 2.08. The van der Waals surface area contributed by atoms with E-state index in [0.29, 0.717) is 12.3 Å². The standard InChI is InChI=1S/C10H17N2O2PS/c1-3-15(2,16)14-12-10(7-11)9-5-4-6-13-8-9/h9H,3-6,8H2,1-2H3. The Morgan fingerprint density at radius 2 is 2.50 bits per heavy atom. The third-order valence-corrected chi connectivity index (χ3v) is 5.10. The maximum Gasteiger partial charge on any atom is 0.162 e. The van der Waals surface area contributed by atoms with Crippen molar-refractivity contribution in [1.82, 2.24) is 0 Å². The Morgan fingerprint density at radius 3 is 3.00 bits per heavy atom. The molecule has 0 bridgehead atoms. The van der Waals surface area contributed by atoms with Crippen molar-refractivity contribution >= 4 is 23.8 Å². The van der Waals surface area contributed by atoms with E-state index < -0.39 is 6.26 Å². The average molecular weight is 260 g/mol. The van der Waals surface area contributed by atoms with E-state index >= 15 is 0 Å². The van der Waals surface area contributed by atoms with Crippen LogP contribution in [0.25, 0.3) is 0 Å². The first-order valence-electron chi connectivity index (χ1n) is 5.40. The largest absolute Gasteiger partial charge is 0.381 e. The Hall–Kier alpha value is -0.430. The zero-order valence-corrected chi connectivity index (χ0v) is 11.4. The van der Waals surface area contributed by atoms with Crippen LogP contribution in [-0.2, 0) is 21.2 Å². The topological polar surface area (TPSA) is 54.6 Å². The maximum absolute atomic E-state index is 9.01. The van der Waals surface area contributed by atoms with Crippen molar-refractivity contribution < 1.29 is 9.36 Å². The molecule has 0 saturated carbocycles. The smallest absolute Gasteiger partial charge is 0.162 e. The third kappa shape index (κ3) is 4.21. The summed E-state index contributed by atoms with van der Waals surface area (Å²) in [5.74, 6) is 0.0746. The van der Waals surface area contributed by atoms with E-state index in [1.165, 1.54) is 0 Å². The number of rotatable bonds is 4. The predicted molar refractivity (Wildman–Crippen MR) is 68.4 cm³/mol. The highest BCUT2D eigenvalue weighted by atomic mass is 32.4. The van der Waals surface area contributed by atoms with Crippen molar-refractivity contribution in [1.29, 1.82) is 5.26 Å². The minimum absolute atomic E-state index is 0.0746. The number of hydrogen-bond acceptors (Lipinski definition) is 5. The van der Waals surface area contributed by atoms with Crippen LogP contribution in [0.4, 0.5) is 0 Å². The number of hydrogen-bond donors (Lipinski definition) is 0. The Balaban J connectivity index is 2.63. The van der Waals surface area contributed by atoms with Crippen LogP contribution in [0.15, 0.2) is 5.16 Å². The number of nitrogens with zero attached hydrogens (tertiary/aromatic N) is 2. The SMILES string of the molecule is CCP(C)(=S)ON=C(C#N)C1CCCOC1. The molecule has 0 radical (unpaired) electrons. The van der Waals surface area contributed by atoms with E-state index in [9.17, 15) is 0 Å². The van der Waals surface area contributed by atoms with Crippen LogP contribution >= 0.6 is 6.26 Å². The lowest BCUT2D eigenvalue weighted by atomic mass is 9.98. The molecular weight excluding hydrogens is 243 g/mol. The zero-order valence-electron chi connectivity index (χ0n) is 9.68. The van der Waals surface area contributed by atoms with Crippen LogP contribution in [0.3, 0.4) is 0 Å². The molecule has 1 fully saturated rings. The summed E-state index contributed by atoms with van der Waals surface area (Å²) >= 11 is 5.25. The first-order valence-corrected chi connectivity index (χ1v) is 8.75.